The van der Waals surface area contributed by atoms with Crippen molar-refractivity contribution in [3.05, 3.63) is 46.7 Å². The van der Waals surface area contributed by atoms with Crippen molar-refractivity contribution in [1.29, 1.82) is 0 Å². The van der Waals surface area contributed by atoms with Crippen LogP contribution in [0.1, 0.15) is 56.8 Å². The molecule has 1 amide bonds. The van der Waals surface area contributed by atoms with E-state index < -0.39 is 5.97 Å². The molecule has 8 heteroatoms. The van der Waals surface area contributed by atoms with Crippen LogP contribution in [0.15, 0.2) is 22.6 Å². The lowest BCUT2D eigenvalue weighted by atomic mass is 10.1. The van der Waals surface area contributed by atoms with Crippen molar-refractivity contribution >= 4 is 22.9 Å². The number of furan rings is 1. The minimum Gasteiger partial charge on any atom is -0.475 e. The molecule has 0 saturated heterocycles. The number of aryl methyl sites for hydroxylation is 2. The Morgan fingerprint density at radius 1 is 1.38 bits per heavy atom. The number of nitrogens with zero attached hydrogens (tertiary/aromatic N) is 3. The van der Waals surface area contributed by atoms with Crippen molar-refractivity contribution in [2.24, 2.45) is 7.05 Å². The molecule has 3 heterocycles. The number of carboxylic acid groups (broad SMARTS) is 1. The molecule has 0 bridgehead atoms. The molecule has 3 aromatic rings. The van der Waals surface area contributed by atoms with Gasteiger partial charge in [0.2, 0.25) is 5.76 Å². The summed E-state index contributed by atoms with van der Waals surface area (Å²) >= 11 is 0. The van der Waals surface area contributed by atoms with Crippen LogP contribution in [-0.4, -0.2) is 31.7 Å². The highest BCUT2D eigenvalue weighted by Crippen LogP contribution is 2.40. The van der Waals surface area contributed by atoms with E-state index in [1.54, 1.807) is 4.68 Å². The zero-order valence-electron chi connectivity index (χ0n) is 14.4. The number of carboxylic acids is 1. The first-order valence-corrected chi connectivity index (χ1v) is 8.38. The lowest BCUT2D eigenvalue weighted by molar-refractivity contribution is 0.0660. The molecule has 1 saturated carbocycles. The van der Waals surface area contributed by atoms with Crippen molar-refractivity contribution in [2.45, 2.75) is 32.2 Å². The van der Waals surface area contributed by atoms with Crippen LogP contribution in [0.4, 0.5) is 0 Å². The number of amides is 1. The third kappa shape index (κ3) is 2.83. The average molecular weight is 354 g/mol. The van der Waals surface area contributed by atoms with Crippen molar-refractivity contribution in [3.8, 4) is 0 Å². The zero-order valence-corrected chi connectivity index (χ0v) is 14.4. The van der Waals surface area contributed by atoms with Crippen molar-refractivity contribution in [2.75, 3.05) is 0 Å². The van der Waals surface area contributed by atoms with Crippen LogP contribution < -0.4 is 5.32 Å². The second kappa shape index (κ2) is 5.98. The Balaban J connectivity index is 1.64. The van der Waals surface area contributed by atoms with Gasteiger partial charge >= 0.3 is 5.97 Å². The zero-order chi connectivity index (χ0) is 18.4. The maximum atomic E-state index is 12.8. The number of hydrogen-bond acceptors (Lipinski definition) is 5. The fourth-order valence-electron chi connectivity index (χ4n) is 3.08. The molecular formula is C18H18N4O4. The fraction of sp³-hybridized carbons (Fsp3) is 0.333. The smallest absolute Gasteiger partial charge is 0.371 e. The number of pyridine rings is 1. The van der Waals surface area contributed by atoms with Gasteiger partial charge < -0.3 is 14.8 Å². The van der Waals surface area contributed by atoms with Crippen LogP contribution in [0.5, 0.6) is 0 Å². The Hall–Kier alpha value is -3.16. The average Bonchev–Trinajstić information content (AvgIpc) is 3.28. The minimum atomic E-state index is -1.14. The van der Waals surface area contributed by atoms with Gasteiger partial charge in [0.05, 0.1) is 23.2 Å². The first-order chi connectivity index (χ1) is 12.4. The van der Waals surface area contributed by atoms with Gasteiger partial charge in [-0.1, -0.05) is 0 Å². The number of aromatic carboxylic acids is 1. The molecule has 4 rings (SSSR count). The maximum absolute atomic E-state index is 12.8. The van der Waals surface area contributed by atoms with Crippen LogP contribution in [0.3, 0.4) is 0 Å². The molecule has 1 aliphatic rings. The predicted octanol–water partition coefficient (Wildman–Crippen LogP) is 2.38. The Morgan fingerprint density at radius 3 is 2.81 bits per heavy atom. The number of carbonyl (C=O) groups is 2. The van der Waals surface area contributed by atoms with Crippen molar-refractivity contribution in [1.82, 2.24) is 20.1 Å². The molecule has 0 aliphatic heterocycles. The molecule has 0 atom stereocenters. The Morgan fingerprint density at radius 2 is 2.15 bits per heavy atom. The summed E-state index contributed by atoms with van der Waals surface area (Å²) in [5.74, 6) is -0.766. The SMILES string of the molecule is Cc1nn(C)c2nc(C3CC3)cc(C(=O)NCc3ccc(C(=O)O)o3)c12. The summed E-state index contributed by atoms with van der Waals surface area (Å²) in [6, 6.07) is 4.75. The van der Waals surface area contributed by atoms with E-state index in [4.69, 9.17) is 9.52 Å². The summed E-state index contributed by atoms with van der Waals surface area (Å²) < 4.78 is 6.87. The van der Waals surface area contributed by atoms with E-state index in [9.17, 15) is 9.59 Å². The number of aromatic nitrogens is 3. The molecule has 134 valence electrons. The highest BCUT2D eigenvalue weighted by molar-refractivity contribution is 6.06. The summed E-state index contributed by atoms with van der Waals surface area (Å²) in [7, 11) is 1.82. The number of nitrogens with one attached hydrogen (secondary N) is 1. The van der Waals surface area contributed by atoms with E-state index in [2.05, 4.69) is 15.4 Å². The highest BCUT2D eigenvalue weighted by atomic mass is 16.4. The van der Waals surface area contributed by atoms with Gasteiger partial charge in [-0.25, -0.2) is 9.78 Å². The van der Waals surface area contributed by atoms with Crippen LogP contribution in [-0.2, 0) is 13.6 Å². The molecule has 1 fully saturated rings. The third-order valence-electron chi connectivity index (χ3n) is 4.52. The summed E-state index contributed by atoms with van der Waals surface area (Å²) in [4.78, 5) is 28.3. The number of hydrogen-bond donors (Lipinski definition) is 2. The van der Waals surface area contributed by atoms with Crippen molar-refractivity contribution < 1.29 is 19.1 Å². The molecule has 26 heavy (non-hydrogen) atoms. The second-order valence-electron chi connectivity index (χ2n) is 6.53. The first kappa shape index (κ1) is 16.3. The molecule has 8 nitrogen and oxygen atoms in total. The first-order valence-electron chi connectivity index (χ1n) is 8.38. The van der Waals surface area contributed by atoms with Gasteiger partial charge in [-0.3, -0.25) is 9.48 Å². The Bertz CT molecular complexity index is 1030. The van der Waals surface area contributed by atoms with Crippen LogP contribution >= 0.6 is 0 Å². The topological polar surface area (TPSA) is 110 Å². The molecule has 0 radical (unpaired) electrons. The lowest BCUT2D eigenvalue weighted by Gasteiger charge is -2.08. The molecule has 0 aromatic carbocycles. The van der Waals surface area contributed by atoms with E-state index in [1.807, 2.05) is 20.0 Å². The van der Waals surface area contributed by atoms with E-state index in [0.29, 0.717) is 22.9 Å². The molecular weight excluding hydrogens is 336 g/mol. The molecule has 3 aromatic heterocycles. The Labute approximate surface area is 148 Å². The quantitative estimate of drug-likeness (QED) is 0.728. The monoisotopic (exact) mass is 354 g/mol. The summed E-state index contributed by atoms with van der Waals surface area (Å²) in [6.45, 7) is 1.96. The van der Waals surface area contributed by atoms with Gasteiger partial charge in [-0.15, -0.1) is 0 Å². The molecule has 1 aliphatic carbocycles. The molecule has 0 spiro atoms. The van der Waals surface area contributed by atoms with Crippen LogP contribution in [0, 0.1) is 6.92 Å². The van der Waals surface area contributed by atoms with Gasteiger partial charge in [-0.2, -0.15) is 5.10 Å². The largest absolute Gasteiger partial charge is 0.475 e. The van der Waals surface area contributed by atoms with Gasteiger partial charge in [0.15, 0.2) is 5.65 Å². The van der Waals surface area contributed by atoms with E-state index >= 15 is 0 Å². The van der Waals surface area contributed by atoms with Crippen LogP contribution in [0.25, 0.3) is 11.0 Å². The Kier molecular flexibility index (Phi) is 3.75. The second-order valence-corrected chi connectivity index (χ2v) is 6.53. The highest BCUT2D eigenvalue weighted by Gasteiger charge is 2.28. The summed E-state index contributed by atoms with van der Waals surface area (Å²) in [6.07, 6.45) is 2.17. The third-order valence-corrected chi connectivity index (χ3v) is 4.52. The number of rotatable bonds is 5. The normalized spacial score (nSPS) is 13.9. The van der Waals surface area contributed by atoms with Crippen LogP contribution in [0.2, 0.25) is 0 Å². The van der Waals surface area contributed by atoms with Gasteiger partial charge in [0, 0.05) is 18.7 Å². The fourth-order valence-corrected chi connectivity index (χ4v) is 3.08. The van der Waals surface area contributed by atoms with Gasteiger partial charge in [0.1, 0.15) is 5.76 Å². The number of carbonyl (C=O) groups excluding carboxylic acids is 1. The van der Waals surface area contributed by atoms with E-state index in [0.717, 1.165) is 29.6 Å². The molecule has 2 N–H and O–H groups in total. The molecule has 0 unspecified atom stereocenters. The standard InChI is InChI=1S/C18H18N4O4/c1-9-15-12(7-13(10-3-4-10)20-16(15)22(2)21-9)17(23)19-8-11-5-6-14(26-11)18(24)25/h5-7,10H,3-4,8H2,1-2H3,(H,19,23)(H,24,25). The summed E-state index contributed by atoms with van der Waals surface area (Å²) in [5, 5.41) is 16.8. The summed E-state index contributed by atoms with van der Waals surface area (Å²) in [5.41, 5.74) is 2.89. The minimum absolute atomic E-state index is 0.105. The van der Waals surface area contributed by atoms with E-state index in [-0.39, 0.29) is 18.2 Å². The maximum Gasteiger partial charge on any atom is 0.371 e. The predicted molar refractivity (Wildman–Crippen MR) is 92.1 cm³/mol. The van der Waals surface area contributed by atoms with Crippen molar-refractivity contribution in [3.63, 3.8) is 0 Å². The lowest BCUT2D eigenvalue weighted by Crippen LogP contribution is -2.23. The van der Waals surface area contributed by atoms with Gasteiger partial charge in [0.25, 0.3) is 5.91 Å². The van der Waals surface area contributed by atoms with Gasteiger partial charge in [-0.05, 0) is 38.0 Å². The number of fused-ring (bicyclic) bond motifs is 1. The van der Waals surface area contributed by atoms with E-state index in [1.165, 1.54) is 12.1 Å².